The second kappa shape index (κ2) is 4.82. The third kappa shape index (κ3) is 11.8. The van der Waals surface area contributed by atoms with Crippen LogP contribution >= 0.6 is 0 Å². The summed E-state index contributed by atoms with van der Waals surface area (Å²) >= 11 is 0. The predicted molar refractivity (Wildman–Crippen MR) is 42.3 cm³/mol. The van der Waals surface area contributed by atoms with Gasteiger partial charge in [0.05, 0.1) is 0 Å². The van der Waals surface area contributed by atoms with Crippen LogP contribution in [-0.2, 0) is 10.6 Å². The Morgan fingerprint density at radius 3 is 1.58 bits per heavy atom. The molecule has 2 nitrogen and oxygen atoms in total. The molecule has 0 fully saturated rings. The first kappa shape index (κ1) is 11.0. The van der Waals surface area contributed by atoms with E-state index < -0.39 is 10.6 Å². The molecule has 0 atom stereocenters. The highest BCUT2D eigenvalue weighted by Gasteiger charge is 1.94. The molecular formula is C7H8F2O2S. The summed E-state index contributed by atoms with van der Waals surface area (Å²) in [5.41, 5.74) is 1.32. The van der Waals surface area contributed by atoms with E-state index in [1.54, 1.807) is 0 Å². The van der Waals surface area contributed by atoms with Crippen LogP contribution in [0.15, 0.2) is 30.3 Å². The van der Waals surface area contributed by atoms with Crippen molar-refractivity contribution in [1.29, 1.82) is 0 Å². The highest BCUT2D eigenvalue weighted by Crippen LogP contribution is 1.92. The van der Waals surface area contributed by atoms with E-state index in [4.69, 9.17) is 8.42 Å². The van der Waals surface area contributed by atoms with E-state index in [0.29, 0.717) is 0 Å². The van der Waals surface area contributed by atoms with Crippen LogP contribution in [0.4, 0.5) is 7.77 Å². The van der Waals surface area contributed by atoms with Gasteiger partial charge in [-0.3, -0.25) is 0 Å². The summed E-state index contributed by atoms with van der Waals surface area (Å²) in [7, 11) is -5.67. The van der Waals surface area contributed by atoms with Crippen LogP contribution < -0.4 is 0 Å². The molecule has 0 unspecified atom stereocenters. The molecule has 1 aromatic rings. The molecule has 0 N–H and O–H groups in total. The van der Waals surface area contributed by atoms with Gasteiger partial charge in [0.15, 0.2) is 0 Å². The molecule has 1 aromatic carbocycles. The number of benzene rings is 1. The zero-order valence-electron chi connectivity index (χ0n) is 6.37. The normalized spacial score (nSPS) is 9.92. The average Bonchev–Trinajstić information content (AvgIpc) is 1.85. The largest absolute Gasteiger partial charge is 0.476 e. The average molecular weight is 194 g/mol. The van der Waals surface area contributed by atoms with E-state index in [1.165, 1.54) is 5.56 Å². The molecule has 0 spiro atoms. The SMILES string of the molecule is Cc1ccccc1.O=S(=O)(F)F. The number of hydrogen-bond acceptors (Lipinski definition) is 2. The number of rotatable bonds is 0. The van der Waals surface area contributed by atoms with Gasteiger partial charge in [-0.15, -0.1) is 0 Å². The summed E-state index contributed by atoms with van der Waals surface area (Å²) < 4.78 is 36.6. The summed E-state index contributed by atoms with van der Waals surface area (Å²) in [5.74, 6) is 0. The molecule has 0 amide bonds. The Labute approximate surface area is 70.3 Å². The summed E-state index contributed by atoms with van der Waals surface area (Å²) in [6.45, 7) is 2.08. The van der Waals surface area contributed by atoms with E-state index >= 15 is 0 Å². The van der Waals surface area contributed by atoms with E-state index in [-0.39, 0.29) is 0 Å². The number of aryl methyl sites for hydroxylation is 1. The maximum absolute atomic E-state index is 9.99. The Morgan fingerprint density at radius 1 is 1.08 bits per heavy atom. The van der Waals surface area contributed by atoms with E-state index in [2.05, 4.69) is 19.1 Å². The van der Waals surface area contributed by atoms with Crippen molar-refractivity contribution in [3.8, 4) is 0 Å². The number of halogens is 2. The fraction of sp³-hybridized carbons (Fsp3) is 0.143. The molecule has 5 heteroatoms. The van der Waals surface area contributed by atoms with Crippen LogP contribution in [0.1, 0.15) is 5.56 Å². The first-order chi connectivity index (χ1) is 5.39. The van der Waals surface area contributed by atoms with Gasteiger partial charge in [-0.05, 0) is 6.92 Å². The zero-order chi connectivity index (χ0) is 9.61. The van der Waals surface area contributed by atoms with Crippen LogP contribution in [0.3, 0.4) is 0 Å². The van der Waals surface area contributed by atoms with Gasteiger partial charge in [-0.2, -0.15) is 8.42 Å². The van der Waals surface area contributed by atoms with Crippen molar-refractivity contribution in [2.75, 3.05) is 0 Å². The Morgan fingerprint density at radius 2 is 1.42 bits per heavy atom. The Hall–Kier alpha value is -0.970. The molecule has 12 heavy (non-hydrogen) atoms. The first-order valence-corrected chi connectivity index (χ1v) is 4.34. The van der Waals surface area contributed by atoms with E-state index in [9.17, 15) is 7.77 Å². The maximum Gasteiger partial charge on any atom is 0.476 e. The van der Waals surface area contributed by atoms with Crippen molar-refractivity contribution < 1.29 is 16.2 Å². The standard InChI is InChI=1S/C7H8.F2O2S/c1-7-5-3-2-4-6-7;1-5(2,3)4/h2-6H,1H3;. The minimum absolute atomic E-state index is 1.32. The van der Waals surface area contributed by atoms with Crippen LogP contribution in [0.25, 0.3) is 0 Å². The fourth-order valence-electron chi connectivity index (χ4n) is 0.534. The molecular weight excluding hydrogens is 186 g/mol. The lowest BCUT2D eigenvalue weighted by Gasteiger charge is -1.82. The van der Waals surface area contributed by atoms with Gasteiger partial charge in [0.25, 0.3) is 0 Å². The van der Waals surface area contributed by atoms with Crippen LogP contribution in [0.5, 0.6) is 0 Å². The van der Waals surface area contributed by atoms with Gasteiger partial charge in [0, 0.05) is 0 Å². The maximum atomic E-state index is 9.99. The van der Waals surface area contributed by atoms with Gasteiger partial charge < -0.3 is 0 Å². The highest BCUT2D eigenvalue weighted by molar-refractivity contribution is 7.81. The molecule has 0 saturated carbocycles. The van der Waals surface area contributed by atoms with E-state index in [0.717, 1.165) is 0 Å². The van der Waals surface area contributed by atoms with Gasteiger partial charge in [-0.25, -0.2) is 0 Å². The summed E-state index contributed by atoms with van der Waals surface area (Å²) in [6, 6.07) is 10.3. The van der Waals surface area contributed by atoms with E-state index in [1.807, 2.05) is 18.2 Å². The van der Waals surface area contributed by atoms with Crippen LogP contribution in [0, 0.1) is 6.92 Å². The topological polar surface area (TPSA) is 34.1 Å². The molecule has 0 heterocycles. The van der Waals surface area contributed by atoms with Crippen molar-refractivity contribution in [3.05, 3.63) is 35.9 Å². The Kier molecular flexibility index (Phi) is 4.43. The monoisotopic (exact) mass is 194 g/mol. The molecule has 0 aromatic heterocycles. The predicted octanol–water partition coefficient (Wildman–Crippen LogP) is 2.17. The molecule has 0 aliphatic heterocycles. The molecule has 1 rings (SSSR count). The third-order valence-electron chi connectivity index (χ3n) is 0.940. The minimum atomic E-state index is -5.67. The van der Waals surface area contributed by atoms with Gasteiger partial charge in [0.2, 0.25) is 0 Å². The van der Waals surface area contributed by atoms with Gasteiger partial charge in [0.1, 0.15) is 0 Å². The smallest absolute Gasteiger partial charge is 0.160 e. The molecule has 68 valence electrons. The highest BCUT2D eigenvalue weighted by atomic mass is 32.3. The third-order valence-corrected chi connectivity index (χ3v) is 0.940. The zero-order valence-corrected chi connectivity index (χ0v) is 7.18. The second-order valence-electron chi connectivity index (χ2n) is 2.03. The number of hydrogen-bond donors (Lipinski definition) is 0. The first-order valence-electron chi connectivity index (χ1n) is 3.05. The molecule has 0 aliphatic carbocycles. The van der Waals surface area contributed by atoms with Crippen molar-refractivity contribution >= 4 is 10.6 Å². The van der Waals surface area contributed by atoms with Crippen molar-refractivity contribution in [3.63, 3.8) is 0 Å². The van der Waals surface area contributed by atoms with Gasteiger partial charge >= 0.3 is 10.6 Å². The van der Waals surface area contributed by atoms with Crippen molar-refractivity contribution in [2.24, 2.45) is 0 Å². The summed E-state index contributed by atoms with van der Waals surface area (Å²) in [4.78, 5) is 0. The van der Waals surface area contributed by atoms with Crippen LogP contribution in [0.2, 0.25) is 0 Å². The fourth-order valence-corrected chi connectivity index (χ4v) is 0.534. The summed E-state index contributed by atoms with van der Waals surface area (Å²) in [5, 5.41) is 0. The Bertz CT molecular complexity index is 299. The van der Waals surface area contributed by atoms with Gasteiger partial charge in [-0.1, -0.05) is 43.7 Å². The molecule has 0 bridgehead atoms. The van der Waals surface area contributed by atoms with Crippen molar-refractivity contribution in [2.45, 2.75) is 6.92 Å². The molecule has 0 radical (unpaired) electrons. The van der Waals surface area contributed by atoms with Crippen LogP contribution in [-0.4, -0.2) is 8.42 Å². The second-order valence-corrected chi connectivity index (χ2v) is 2.79. The quantitative estimate of drug-likeness (QED) is 0.593. The lowest BCUT2D eigenvalue weighted by Crippen LogP contribution is -1.69. The summed E-state index contributed by atoms with van der Waals surface area (Å²) in [6.07, 6.45) is 0. The Balaban J connectivity index is 0.000000217. The molecule has 0 aliphatic rings. The lowest BCUT2D eigenvalue weighted by molar-refractivity contribution is 0.501. The molecule has 0 saturated heterocycles. The lowest BCUT2D eigenvalue weighted by atomic mass is 10.2. The minimum Gasteiger partial charge on any atom is -0.160 e. The van der Waals surface area contributed by atoms with Crippen molar-refractivity contribution in [1.82, 2.24) is 0 Å².